The molecule has 2 amide bonds. The lowest BCUT2D eigenvalue weighted by Crippen LogP contribution is -2.53. The van der Waals surface area contributed by atoms with Crippen molar-refractivity contribution in [3.63, 3.8) is 0 Å². The van der Waals surface area contributed by atoms with Crippen LogP contribution >= 0.6 is 0 Å². The Balaban J connectivity index is 1.88. The van der Waals surface area contributed by atoms with Crippen LogP contribution in [0, 0.1) is 5.41 Å². The normalized spacial score (nSPS) is 26.1. The van der Waals surface area contributed by atoms with Crippen molar-refractivity contribution in [1.82, 2.24) is 10.2 Å². The number of carbonyl (C=O) groups excluding carboxylic acids is 1. The Labute approximate surface area is 118 Å². The third kappa shape index (κ3) is 3.40. The number of aliphatic carboxylic acids is 1. The quantitative estimate of drug-likeness (QED) is 0.677. The summed E-state index contributed by atoms with van der Waals surface area (Å²) in [5, 5.41) is 12.2. The number of nitrogens with two attached hydrogens (primary N) is 1. The smallest absolute Gasteiger partial charge is 0.317 e. The number of nitrogens with zero attached hydrogens (tertiary/aromatic N) is 1. The lowest BCUT2D eigenvalue weighted by Gasteiger charge is -2.35. The molecular formula is C13H23N3O4. The van der Waals surface area contributed by atoms with Crippen LogP contribution in [0.2, 0.25) is 0 Å². The monoisotopic (exact) mass is 285 g/mol. The van der Waals surface area contributed by atoms with Crippen LogP contribution in [-0.2, 0) is 9.53 Å². The molecule has 7 heteroatoms. The highest BCUT2D eigenvalue weighted by atomic mass is 16.5. The zero-order chi connectivity index (χ0) is 14.6. The number of amides is 2. The van der Waals surface area contributed by atoms with Gasteiger partial charge >= 0.3 is 12.0 Å². The van der Waals surface area contributed by atoms with Crippen molar-refractivity contribution in [3.05, 3.63) is 0 Å². The molecule has 0 saturated carbocycles. The maximum atomic E-state index is 12.1. The lowest BCUT2D eigenvalue weighted by molar-refractivity contribution is -0.154. The van der Waals surface area contributed by atoms with Gasteiger partial charge in [-0.25, -0.2) is 4.79 Å². The van der Waals surface area contributed by atoms with Crippen molar-refractivity contribution in [2.45, 2.75) is 31.7 Å². The molecule has 2 fully saturated rings. The third-order valence-electron chi connectivity index (χ3n) is 4.23. The minimum Gasteiger partial charge on any atom is -0.481 e. The largest absolute Gasteiger partial charge is 0.481 e. The van der Waals surface area contributed by atoms with Gasteiger partial charge in [0.1, 0.15) is 0 Å². The maximum Gasteiger partial charge on any atom is 0.317 e. The number of nitrogens with one attached hydrogen (secondary N) is 1. The van der Waals surface area contributed by atoms with Gasteiger partial charge in [0.2, 0.25) is 0 Å². The summed E-state index contributed by atoms with van der Waals surface area (Å²) in [5.74, 6) is -0.864. The molecule has 4 N–H and O–H groups in total. The van der Waals surface area contributed by atoms with Crippen LogP contribution in [0.4, 0.5) is 4.79 Å². The molecule has 0 aliphatic carbocycles. The van der Waals surface area contributed by atoms with Crippen molar-refractivity contribution in [2.24, 2.45) is 11.1 Å². The van der Waals surface area contributed by atoms with Gasteiger partial charge in [0.05, 0.1) is 5.41 Å². The van der Waals surface area contributed by atoms with E-state index in [1.807, 2.05) is 0 Å². The second kappa shape index (κ2) is 6.41. The summed E-state index contributed by atoms with van der Waals surface area (Å²) < 4.78 is 5.21. The number of piperidine rings is 1. The Kier molecular flexibility index (Phi) is 4.82. The molecule has 20 heavy (non-hydrogen) atoms. The van der Waals surface area contributed by atoms with E-state index in [0.29, 0.717) is 39.1 Å². The van der Waals surface area contributed by atoms with E-state index in [1.165, 1.54) is 0 Å². The summed E-state index contributed by atoms with van der Waals surface area (Å²) >= 11 is 0. The minimum atomic E-state index is -0.897. The SMILES string of the molecule is NC1CCCN(C(=O)NCC2(C(=O)O)CCOCC2)C1. The molecule has 2 rings (SSSR count). The summed E-state index contributed by atoms with van der Waals surface area (Å²) in [6.45, 7) is 2.22. The van der Waals surface area contributed by atoms with Crippen molar-refractivity contribution in [1.29, 1.82) is 0 Å². The van der Waals surface area contributed by atoms with E-state index >= 15 is 0 Å². The van der Waals surface area contributed by atoms with Crippen molar-refractivity contribution >= 4 is 12.0 Å². The fourth-order valence-electron chi connectivity index (χ4n) is 2.78. The van der Waals surface area contributed by atoms with Gasteiger partial charge in [-0.15, -0.1) is 0 Å². The van der Waals surface area contributed by atoms with Crippen LogP contribution in [0.1, 0.15) is 25.7 Å². The van der Waals surface area contributed by atoms with E-state index in [4.69, 9.17) is 10.5 Å². The maximum absolute atomic E-state index is 12.1. The highest BCUT2D eigenvalue weighted by Gasteiger charge is 2.40. The Morgan fingerprint density at radius 1 is 1.40 bits per heavy atom. The molecule has 2 aliphatic rings. The van der Waals surface area contributed by atoms with Crippen LogP contribution in [0.3, 0.4) is 0 Å². The highest BCUT2D eigenvalue weighted by Crippen LogP contribution is 2.30. The number of likely N-dealkylation sites (tertiary alicyclic amines) is 1. The molecule has 1 atom stereocenters. The van der Waals surface area contributed by atoms with Gasteiger partial charge in [0.25, 0.3) is 0 Å². The summed E-state index contributed by atoms with van der Waals surface area (Å²) in [7, 11) is 0. The average Bonchev–Trinajstić information content (AvgIpc) is 2.45. The zero-order valence-corrected chi connectivity index (χ0v) is 11.6. The first kappa shape index (κ1) is 15.1. The average molecular weight is 285 g/mol. The highest BCUT2D eigenvalue weighted by molar-refractivity contribution is 5.78. The molecule has 0 spiro atoms. The Morgan fingerprint density at radius 2 is 2.10 bits per heavy atom. The number of carboxylic acid groups (broad SMARTS) is 1. The fourth-order valence-corrected chi connectivity index (χ4v) is 2.78. The van der Waals surface area contributed by atoms with Crippen molar-refractivity contribution < 1.29 is 19.4 Å². The van der Waals surface area contributed by atoms with Gasteiger partial charge in [-0.2, -0.15) is 0 Å². The molecule has 114 valence electrons. The van der Waals surface area contributed by atoms with E-state index in [9.17, 15) is 14.7 Å². The first-order chi connectivity index (χ1) is 9.53. The number of urea groups is 1. The van der Waals surface area contributed by atoms with E-state index in [1.54, 1.807) is 4.90 Å². The molecule has 1 unspecified atom stereocenters. The first-order valence-electron chi connectivity index (χ1n) is 7.13. The molecule has 0 radical (unpaired) electrons. The van der Waals surface area contributed by atoms with Gasteiger partial charge in [-0.05, 0) is 25.7 Å². The second-order valence-electron chi connectivity index (χ2n) is 5.70. The Bertz CT molecular complexity index is 369. The van der Waals surface area contributed by atoms with Gasteiger partial charge in [-0.1, -0.05) is 0 Å². The number of hydrogen-bond acceptors (Lipinski definition) is 4. The number of carbonyl (C=O) groups is 2. The molecule has 2 heterocycles. The predicted molar refractivity (Wildman–Crippen MR) is 72.3 cm³/mol. The van der Waals surface area contributed by atoms with Crippen LogP contribution in [0.15, 0.2) is 0 Å². The van der Waals surface area contributed by atoms with Gasteiger partial charge in [-0.3, -0.25) is 4.79 Å². The molecule has 0 aromatic rings. The Morgan fingerprint density at radius 3 is 2.70 bits per heavy atom. The van der Waals surface area contributed by atoms with Crippen LogP contribution in [0.5, 0.6) is 0 Å². The van der Waals surface area contributed by atoms with E-state index < -0.39 is 11.4 Å². The van der Waals surface area contributed by atoms with Crippen LogP contribution in [0.25, 0.3) is 0 Å². The van der Waals surface area contributed by atoms with Crippen LogP contribution < -0.4 is 11.1 Å². The molecule has 2 aliphatic heterocycles. The lowest BCUT2D eigenvalue weighted by atomic mass is 9.80. The van der Waals surface area contributed by atoms with Crippen molar-refractivity contribution in [2.75, 3.05) is 32.8 Å². The zero-order valence-electron chi connectivity index (χ0n) is 11.6. The van der Waals surface area contributed by atoms with E-state index in [-0.39, 0.29) is 18.6 Å². The van der Waals surface area contributed by atoms with Crippen LogP contribution in [-0.4, -0.2) is 60.9 Å². The first-order valence-corrected chi connectivity index (χ1v) is 7.13. The summed E-state index contributed by atoms with van der Waals surface area (Å²) in [5.41, 5.74) is 4.95. The molecular weight excluding hydrogens is 262 g/mol. The molecule has 2 saturated heterocycles. The van der Waals surface area contributed by atoms with Gasteiger partial charge in [0.15, 0.2) is 0 Å². The molecule has 0 bridgehead atoms. The summed E-state index contributed by atoms with van der Waals surface area (Å²) in [6.07, 6.45) is 2.69. The predicted octanol–water partition coefficient (Wildman–Crippen LogP) is 0.000500. The molecule has 7 nitrogen and oxygen atoms in total. The summed E-state index contributed by atoms with van der Waals surface area (Å²) in [6, 6.07) is -0.196. The number of rotatable bonds is 3. The van der Waals surface area contributed by atoms with Crippen molar-refractivity contribution in [3.8, 4) is 0 Å². The number of ether oxygens (including phenoxy) is 1. The molecule has 0 aromatic heterocycles. The topological polar surface area (TPSA) is 105 Å². The Hall–Kier alpha value is -1.34. The number of carboxylic acids is 1. The standard InChI is InChI=1S/C13H23N3O4/c14-10-2-1-5-16(8-10)12(19)15-9-13(11(17)18)3-6-20-7-4-13/h10H,1-9,14H2,(H,15,19)(H,17,18). The number of hydrogen-bond donors (Lipinski definition) is 3. The van der Waals surface area contributed by atoms with E-state index in [0.717, 1.165) is 12.8 Å². The third-order valence-corrected chi connectivity index (χ3v) is 4.23. The van der Waals surface area contributed by atoms with E-state index in [2.05, 4.69) is 5.32 Å². The molecule has 0 aromatic carbocycles. The second-order valence-corrected chi connectivity index (χ2v) is 5.70. The van der Waals surface area contributed by atoms with Gasteiger partial charge in [0, 0.05) is 38.9 Å². The summed E-state index contributed by atoms with van der Waals surface area (Å²) in [4.78, 5) is 25.2. The van der Waals surface area contributed by atoms with Gasteiger partial charge < -0.3 is 25.8 Å². The minimum absolute atomic E-state index is 0.0195. The fraction of sp³-hybridized carbons (Fsp3) is 0.846.